The number of hydrogen-bond donors (Lipinski definition) is 2. The molecule has 0 saturated carbocycles. The fourth-order valence-electron chi connectivity index (χ4n) is 0.342. The molecular weight excluding hydrogens is 100 g/mol. The van der Waals surface area contributed by atoms with Gasteiger partial charge in [-0.1, -0.05) is 6.08 Å². The lowest BCUT2D eigenvalue weighted by molar-refractivity contribution is 1.13. The predicted octanol–water partition coefficient (Wildman–Crippen LogP) is 1.15. The molecule has 0 unspecified atom stereocenters. The minimum atomic E-state index is 0.493. The molecule has 2 heteroatoms. The largest absolute Gasteiger partial charge is 0.373 e. The van der Waals surface area contributed by atoms with Gasteiger partial charge in [-0.2, -0.15) is 0 Å². The van der Waals surface area contributed by atoms with Gasteiger partial charge in [0.2, 0.25) is 0 Å². The molecule has 0 aromatic heterocycles. The first-order valence-electron chi connectivity index (χ1n) is 2.62. The van der Waals surface area contributed by atoms with Gasteiger partial charge in [-0.05, 0) is 19.4 Å². The van der Waals surface area contributed by atoms with Crippen LogP contribution in [0, 0.1) is 5.41 Å². The standard InChI is InChI=1S/C6H12N2/c1-4-5(2)6(7)8-3/h4H,1-3H3,(H2,7,8)/b5-4-. The Labute approximate surface area is 50.1 Å². The second-order valence-electron chi connectivity index (χ2n) is 1.60. The quantitative estimate of drug-likeness (QED) is 0.387. The van der Waals surface area contributed by atoms with Crippen LogP contribution in [0.3, 0.4) is 0 Å². The maximum absolute atomic E-state index is 7.16. The molecule has 0 aliphatic heterocycles. The summed E-state index contributed by atoms with van der Waals surface area (Å²) in [4.78, 5) is 0. The minimum absolute atomic E-state index is 0.493. The molecule has 0 radical (unpaired) electrons. The summed E-state index contributed by atoms with van der Waals surface area (Å²) >= 11 is 0. The molecule has 46 valence electrons. The number of hydrogen-bond acceptors (Lipinski definition) is 1. The van der Waals surface area contributed by atoms with Gasteiger partial charge in [-0.3, -0.25) is 5.41 Å². The van der Waals surface area contributed by atoms with E-state index in [1.807, 2.05) is 19.9 Å². The van der Waals surface area contributed by atoms with Gasteiger partial charge >= 0.3 is 0 Å². The van der Waals surface area contributed by atoms with E-state index in [0.29, 0.717) is 5.84 Å². The van der Waals surface area contributed by atoms with Gasteiger partial charge in [-0.25, -0.2) is 0 Å². The molecule has 8 heavy (non-hydrogen) atoms. The monoisotopic (exact) mass is 112 g/mol. The number of nitrogens with one attached hydrogen (secondary N) is 2. The van der Waals surface area contributed by atoms with E-state index in [2.05, 4.69) is 5.32 Å². The second-order valence-corrected chi connectivity index (χ2v) is 1.60. The molecule has 0 rings (SSSR count). The van der Waals surface area contributed by atoms with E-state index in [4.69, 9.17) is 5.41 Å². The lowest BCUT2D eigenvalue weighted by atomic mass is 10.3. The van der Waals surface area contributed by atoms with Crippen LogP contribution in [0.2, 0.25) is 0 Å². The van der Waals surface area contributed by atoms with Gasteiger partial charge in [0, 0.05) is 7.05 Å². The zero-order chi connectivity index (χ0) is 6.57. The summed E-state index contributed by atoms with van der Waals surface area (Å²) in [5.41, 5.74) is 0.979. The Morgan fingerprint density at radius 1 is 1.62 bits per heavy atom. The maximum Gasteiger partial charge on any atom is 0.120 e. The fourth-order valence-corrected chi connectivity index (χ4v) is 0.342. The van der Waals surface area contributed by atoms with Crippen LogP contribution in [0.15, 0.2) is 11.6 Å². The van der Waals surface area contributed by atoms with E-state index in [1.54, 1.807) is 7.05 Å². The highest BCUT2D eigenvalue weighted by Crippen LogP contribution is 1.88. The fraction of sp³-hybridized carbons (Fsp3) is 0.500. The first-order chi connectivity index (χ1) is 3.72. The van der Waals surface area contributed by atoms with Crippen molar-refractivity contribution in [3.8, 4) is 0 Å². The number of likely N-dealkylation sites (N-methyl/N-ethyl adjacent to an activating group) is 1. The van der Waals surface area contributed by atoms with Crippen LogP contribution in [0.25, 0.3) is 0 Å². The van der Waals surface area contributed by atoms with E-state index < -0.39 is 0 Å². The molecule has 0 aliphatic rings. The average molecular weight is 112 g/mol. The molecular formula is C6H12N2. The van der Waals surface area contributed by atoms with Crippen molar-refractivity contribution in [3.63, 3.8) is 0 Å². The van der Waals surface area contributed by atoms with E-state index in [1.165, 1.54) is 0 Å². The minimum Gasteiger partial charge on any atom is -0.373 e. The zero-order valence-electron chi connectivity index (χ0n) is 5.58. The summed E-state index contributed by atoms with van der Waals surface area (Å²) in [6.45, 7) is 3.82. The molecule has 0 bridgehead atoms. The smallest absolute Gasteiger partial charge is 0.120 e. The Morgan fingerprint density at radius 2 is 2.12 bits per heavy atom. The predicted molar refractivity (Wildman–Crippen MR) is 36.2 cm³/mol. The third-order valence-electron chi connectivity index (χ3n) is 1.08. The van der Waals surface area contributed by atoms with Gasteiger partial charge in [0.05, 0.1) is 0 Å². The Morgan fingerprint density at radius 3 is 2.25 bits per heavy atom. The normalized spacial score (nSPS) is 11.1. The zero-order valence-corrected chi connectivity index (χ0v) is 5.58. The van der Waals surface area contributed by atoms with Crippen molar-refractivity contribution >= 4 is 5.84 Å². The van der Waals surface area contributed by atoms with Crippen molar-refractivity contribution in [2.24, 2.45) is 0 Å². The third kappa shape index (κ3) is 1.78. The molecule has 0 saturated heterocycles. The van der Waals surface area contributed by atoms with Crippen molar-refractivity contribution < 1.29 is 0 Å². The highest BCUT2D eigenvalue weighted by Gasteiger charge is 1.89. The van der Waals surface area contributed by atoms with Gasteiger partial charge in [0.25, 0.3) is 0 Å². The first-order valence-corrected chi connectivity index (χ1v) is 2.62. The van der Waals surface area contributed by atoms with Crippen LogP contribution >= 0.6 is 0 Å². The number of rotatable bonds is 1. The highest BCUT2D eigenvalue weighted by atomic mass is 14.9. The van der Waals surface area contributed by atoms with Crippen LogP contribution in [-0.2, 0) is 0 Å². The Kier molecular flexibility index (Phi) is 2.92. The Hall–Kier alpha value is -0.790. The SMILES string of the molecule is C/C=C(/C)C(=N)NC. The van der Waals surface area contributed by atoms with Crippen LogP contribution in [-0.4, -0.2) is 12.9 Å². The molecule has 0 fully saturated rings. The summed E-state index contributed by atoms with van der Waals surface area (Å²) in [7, 11) is 1.75. The van der Waals surface area contributed by atoms with Gasteiger partial charge < -0.3 is 5.32 Å². The first kappa shape index (κ1) is 7.21. The average Bonchev–Trinajstić information content (AvgIpc) is 1.84. The lowest BCUT2D eigenvalue weighted by Crippen LogP contribution is -2.17. The topological polar surface area (TPSA) is 35.9 Å². The third-order valence-corrected chi connectivity index (χ3v) is 1.08. The van der Waals surface area contributed by atoms with Gasteiger partial charge in [0.1, 0.15) is 5.84 Å². The van der Waals surface area contributed by atoms with Gasteiger partial charge in [0.15, 0.2) is 0 Å². The second kappa shape index (κ2) is 3.24. The molecule has 0 aliphatic carbocycles. The summed E-state index contributed by atoms with van der Waals surface area (Å²) in [5.74, 6) is 0.493. The van der Waals surface area contributed by atoms with Crippen LogP contribution in [0.5, 0.6) is 0 Å². The van der Waals surface area contributed by atoms with Crippen molar-refractivity contribution in [2.45, 2.75) is 13.8 Å². The van der Waals surface area contributed by atoms with E-state index >= 15 is 0 Å². The molecule has 0 aromatic carbocycles. The van der Waals surface area contributed by atoms with Crippen molar-refractivity contribution in [3.05, 3.63) is 11.6 Å². The molecule has 0 aromatic rings. The van der Waals surface area contributed by atoms with E-state index in [9.17, 15) is 0 Å². The maximum atomic E-state index is 7.16. The van der Waals surface area contributed by atoms with Crippen LogP contribution < -0.4 is 5.32 Å². The highest BCUT2D eigenvalue weighted by molar-refractivity contribution is 5.94. The molecule has 0 amide bonds. The lowest BCUT2D eigenvalue weighted by Gasteiger charge is -1.98. The molecule has 0 atom stereocenters. The summed E-state index contributed by atoms with van der Waals surface area (Å²) < 4.78 is 0. The number of amidine groups is 1. The van der Waals surface area contributed by atoms with Crippen molar-refractivity contribution in [1.29, 1.82) is 5.41 Å². The van der Waals surface area contributed by atoms with Crippen molar-refractivity contribution in [2.75, 3.05) is 7.05 Å². The van der Waals surface area contributed by atoms with Crippen LogP contribution in [0.4, 0.5) is 0 Å². The van der Waals surface area contributed by atoms with Gasteiger partial charge in [-0.15, -0.1) is 0 Å². The summed E-state index contributed by atoms with van der Waals surface area (Å²) in [5, 5.41) is 9.89. The molecule has 0 spiro atoms. The van der Waals surface area contributed by atoms with Crippen molar-refractivity contribution in [1.82, 2.24) is 5.32 Å². The molecule has 2 N–H and O–H groups in total. The summed E-state index contributed by atoms with van der Waals surface area (Å²) in [6.07, 6.45) is 1.90. The molecule has 2 nitrogen and oxygen atoms in total. The Bertz CT molecular complexity index is 114. The number of allylic oxidation sites excluding steroid dienone is 1. The molecule has 0 heterocycles. The van der Waals surface area contributed by atoms with Crippen LogP contribution in [0.1, 0.15) is 13.8 Å². The van der Waals surface area contributed by atoms with E-state index in [-0.39, 0.29) is 0 Å². The summed E-state index contributed by atoms with van der Waals surface area (Å²) in [6, 6.07) is 0. The Balaban J connectivity index is 3.83. The van der Waals surface area contributed by atoms with E-state index in [0.717, 1.165) is 5.57 Å².